The van der Waals surface area contributed by atoms with E-state index in [0.717, 1.165) is 48.8 Å². The van der Waals surface area contributed by atoms with Gasteiger partial charge in [-0.2, -0.15) is 4.31 Å². The fourth-order valence-corrected chi connectivity index (χ4v) is 6.90. The molecular weight excluding hydrogens is 464 g/mol. The van der Waals surface area contributed by atoms with Crippen molar-refractivity contribution in [1.82, 2.24) is 19.8 Å². The van der Waals surface area contributed by atoms with Gasteiger partial charge in [0.1, 0.15) is 0 Å². The molecule has 186 valence electrons. The van der Waals surface area contributed by atoms with Gasteiger partial charge in [0.15, 0.2) is 0 Å². The molecular formula is C26H32N4O4S. The van der Waals surface area contributed by atoms with Gasteiger partial charge >= 0.3 is 6.03 Å². The first-order valence-electron chi connectivity index (χ1n) is 12.4. The van der Waals surface area contributed by atoms with Crippen molar-refractivity contribution in [3.63, 3.8) is 0 Å². The summed E-state index contributed by atoms with van der Waals surface area (Å²) in [6.07, 6.45) is 4.71. The van der Waals surface area contributed by atoms with Crippen molar-refractivity contribution < 1.29 is 18.0 Å². The van der Waals surface area contributed by atoms with Gasteiger partial charge in [0.25, 0.3) is 5.91 Å². The van der Waals surface area contributed by atoms with Crippen molar-refractivity contribution in [1.29, 1.82) is 0 Å². The van der Waals surface area contributed by atoms with E-state index >= 15 is 0 Å². The third kappa shape index (κ3) is 4.92. The molecule has 2 fully saturated rings. The maximum absolute atomic E-state index is 12.7. The maximum Gasteiger partial charge on any atom is 0.317 e. The minimum Gasteiger partial charge on any atom is -0.346 e. The average Bonchev–Trinajstić information content (AvgIpc) is 3.41. The lowest BCUT2D eigenvalue weighted by atomic mass is 9.78. The summed E-state index contributed by atoms with van der Waals surface area (Å²) in [7, 11) is -3.41. The zero-order valence-electron chi connectivity index (χ0n) is 19.8. The molecule has 2 N–H and O–H groups in total. The van der Waals surface area contributed by atoms with E-state index in [0.29, 0.717) is 44.0 Å². The van der Waals surface area contributed by atoms with E-state index in [1.165, 1.54) is 0 Å². The van der Waals surface area contributed by atoms with Gasteiger partial charge in [-0.15, -0.1) is 0 Å². The smallest absolute Gasteiger partial charge is 0.317 e. The Morgan fingerprint density at radius 3 is 2.37 bits per heavy atom. The Labute approximate surface area is 206 Å². The number of hydrogen-bond acceptors (Lipinski definition) is 4. The highest BCUT2D eigenvalue weighted by atomic mass is 32.2. The molecule has 5 rings (SSSR count). The lowest BCUT2D eigenvalue weighted by molar-refractivity contribution is 0.0804. The fourth-order valence-electron chi connectivity index (χ4n) is 5.38. The molecule has 0 atom stereocenters. The molecule has 1 spiro atoms. The van der Waals surface area contributed by atoms with Crippen LogP contribution in [-0.2, 0) is 22.9 Å². The summed E-state index contributed by atoms with van der Waals surface area (Å²) in [4.78, 5) is 27.4. The van der Waals surface area contributed by atoms with Gasteiger partial charge in [-0.05, 0) is 67.9 Å². The number of nitrogens with one attached hydrogen (secondary N) is 2. The van der Waals surface area contributed by atoms with E-state index in [4.69, 9.17) is 0 Å². The number of nitrogens with zero attached hydrogens (tertiary/aromatic N) is 2. The number of hydrogen-bond donors (Lipinski definition) is 2. The largest absolute Gasteiger partial charge is 0.346 e. The van der Waals surface area contributed by atoms with Crippen LogP contribution in [0.25, 0.3) is 0 Å². The summed E-state index contributed by atoms with van der Waals surface area (Å²) in [6, 6.07) is 14.6. The predicted molar refractivity (Wildman–Crippen MR) is 133 cm³/mol. The highest BCUT2D eigenvalue weighted by molar-refractivity contribution is 7.89. The van der Waals surface area contributed by atoms with Crippen LogP contribution < -0.4 is 10.6 Å². The number of rotatable bonds is 5. The monoisotopic (exact) mass is 496 g/mol. The first-order valence-corrected chi connectivity index (χ1v) is 13.8. The van der Waals surface area contributed by atoms with Crippen LogP contribution in [0.4, 0.5) is 4.79 Å². The Balaban J connectivity index is 1.10. The molecule has 0 aromatic heterocycles. The number of likely N-dealkylation sites (tertiary alicyclic amines) is 1. The van der Waals surface area contributed by atoms with E-state index in [1.807, 2.05) is 41.3 Å². The molecule has 3 amide bonds. The van der Waals surface area contributed by atoms with Gasteiger partial charge in [-0.1, -0.05) is 30.3 Å². The van der Waals surface area contributed by atoms with Crippen molar-refractivity contribution in [2.45, 2.75) is 49.0 Å². The Hall–Kier alpha value is -2.91. The number of amides is 3. The molecule has 0 bridgehead atoms. The standard InChI is InChI=1S/C26H32N4O4S/c31-24-23-6-2-1-5-21(23)19-26(28-24)12-17-29(18-13-26)25(32)27-14-11-20-7-9-22(10-8-20)35(33,34)30-15-3-4-16-30/h1-2,5-10H,3-4,11-19H2,(H,27,32)(H,28,31). The summed E-state index contributed by atoms with van der Waals surface area (Å²) < 4.78 is 26.9. The summed E-state index contributed by atoms with van der Waals surface area (Å²) in [6.45, 7) is 2.85. The summed E-state index contributed by atoms with van der Waals surface area (Å²) in [5, 5.41) is 6.18. The first-order chi connectivity index (χ1) is 16.9. The van der Waals surface area contributed by atoms with Crippen LogP contribution in [0.15, 0.2) is 53.4 Å². The van der Waals surface area contributed by atoms with E-state index in [9.17, 15) is 18.0 Å². The Bertz CT molecular complexity index is 1200. The fraction of sp³-hybridized carbons (Fsp3) is 0.462. The minimum atomic E-state index is -3.41. The summed E-state index contributed by atoms with van der Waals surface area (Å²) in [5.41, 5.74) is 2.53. The molecule has 35 heavy (non-hydrogen) atoms. The SMILES string of the molecule is O=C1NC2(CCN(C(=O)NCCc3ccc(S(=O)(=O)N4CCCC4)cc3)CC2)Cc2ccccc21. The summed E-state index contributed by atoms with van der Waals surface area (Å²) >= 11 is 0. The van der Waals surface area contributed by atoms with Crippen LogP contribution in [-0.4, -0.2) is 67.8 Å². The van der Waals surface area contributed by atoms with Crippen molar-refractivity contribution in [2.24, 2.45) is 0 Å². The maximum atomic E-state index is 12.7. The third-order valence-corrected chi connectivity index (χ3v) is 9.41. The van der Waals surface area contributed by atoms with E-state index in [2.05, 4.69) is 10.6 Å². The van der Waals surface area contributed by atoms with Gasteiger partial charge in [0.2, 0.25) is 10.0 Å². The van der Waals surface area contributed by atoms with Crippen LogP contribution >= 0.6 is 0 Å². The first kappa shape index (κ1) is 23.8. The number of carbonyl (C=O) groups excluding carboxylic acids is 2. The lowest BCUT2D eigenvalue weighted by Crippen LogP contribution is -2.60. The van der Waals surface area contributed by atoms with Crippen LogP contribution in [0, 0.1) is 0 Å². The Kier molecular flexibility index (Phi) is 6.55. The highest BCUT2D eigenvalue weighted by Gasteiger charge is 2.41. The number of carbonyl (C=O) groups is 2. The molecule has 0 aliphatic carbocycles. The van der Waals surface area contributed by atoms with Crippen LogP contribution in [0.3, 0.4) is 0 Å². The normalized spacial score (nSPS) is 19.9. The van der Waals surface area contributed by atoms with Gasteiger partial charge in [0, 0.05) is 43.8 Å². The molecule has 0 saturated carbocycles. The third-order valence-electron chi connectivity index (χ3n) is 7.49. The average molecular weight is 497 g/mol. The van der Waals surface area contributed by atoms with Gasteiger partial charge < -0.3 is 15.5 Å². The zero-order valence-corrected chi connectivity index (χ0v) is 20.6. The number of fused-ring (bicyclic) bond motifs is 1. The number of sulfonamides is 1. The Morgan fingerprint density at radius 1 is 0.971 bits per heavy atom. The molecule has 2 aromatic rings. The second-order valence-electron chi connectivity index (χ2n) is 9.79. The van der Waals surface area contributed by atoms with Crippen LogP contribution in [0.5, 0.6) is 0 Å². The molecule has 0 unspecified atom stereocenters. The highest BCUT2D eigenvalue weighted by Crippen LogP contribution is 2.31. The number of benzene rings is 2. The molecule has 2 aromatic carbocycles. The lowest BCUT2D eigenvalue weighted by Gasteiger charge is -2.44. The van der Waals surface area contributed by atoms with E-state index < -0.39 is 10.0 Å². The van der Waals surface area contributed by atoms with Gasteiger partial charge in [-0.25, -0.2) is 13.2 Å². The van der Waals surface area contributed by atoms with Crippen LogP contribution in [0.2, 0.25) is 0 Å². The molecule has 3 aliphatic rings. The van der Waals surface area contributed by atoms with Gasteiger partial charge in [-0.3, -0.25) is 4.79 Å². The molecule has 8 nitrogen and oxygen atoms in total. The zero-order chi connectivity index (χ0) is 24.5. The second kappa shape index (κ2) is 9.62. The molecule has 2 saturated heterocycles. The van der Waals surface area contributed by atoms with Crippen molar-refractivity contribution >= 4 is 22.0 Å². The molecule has 9 heteroatoms. The minimum absolute atomic E-state index is 0.0241. The van der Waals surface area contributed by atoms with Gasteiger partial charge in [0.05, 0.1) is 4.90 Å². The Morgan fingerprint density at radius 2 is 1.66 bits per heavy atom. The predicted octanol–water partition coefficient (Wildman–Crippen LogP) is 2.54. The number of piperidine rings is 1. The van der Waals surface area contributed by atoms with E-state index in [1.54, 1.807) is 16.4 Å². The topological polar surface area (TPSA) is 98.8 Å². The van der Waals surface area contributed by atoms with Crippen molar-refractivity contribution in [3.8, 4) is 0 Å². The summed E-state index contributed by atoms with van der Waals surface area (Å²) in [5.74, 6) is -0.0241. The molecule has 3 aliphatic heterocycles. The molecule has 3 heterocycles. The van der Waals surface area contributed by atoms with Crippen molar-refractivity contribution in [3.05, 3.63) is 65.2 Å². The van der Waals surface area contributed by atoms with E-state index in [-0.39, 0.29) is 17.5 Å². The molecule has 0 radical (unpaired) electrons. The quantitative estimate of drug-likeness (QED) is 0.665. The number of urea groups is 1. The van der Waals surface area contributed by atoms with Crippen molar-refractivity contribution in [2.75, 3.05) is 32.7 Å². The van der Waals surface area contributed by atoms with Crippen LogP contribution in [0.1, 0.15) is 47.2 Å². The second-order valence-corrected chi connectivity index (χ2v) is 11.7.